The summed E-state index contributed by atoms with van der Waals surface area (Å²) in [6.45, 7) is 2.70. The van der Waals surface area contributed by atoms with E-state index in [1.165, 1.54) is 0 Å². The normalized spacial score (nSPS) is 7.58. The van der Waals surface area contributed by atoms with Crippen LogP contribution in [-0.2, 0) is 0 Å². The van der Waals surface area contributed by atoms with Crippen LogP contribution in [0.1, 0.15) is 6.92 Å². The van der Waals surface area contributed by atoms with E-state index in [1.807, 2.05) is 31.2 Å². The summed E-state index contributed by atoms with van der Waals surface area (Å²) in [4.78, 5) is 0. The molecule has 12 heavy (non-hydrogen) atoms. The van der Waals surface area contributed by atoms with Gasteiger partial charge in [0.2, 0.25) is 0 Å². The fourth-order valence-electron chi connectivity index (χ4n) is 0.634. The van der Waals surface area contributed by atoms with Gasteiger partial charge in [-0.15, -0.1) is 0 Å². The highest BCUT2D eigenvalue weighted by atomic mass is 79.9. The van der Waals surface area contributed by atoms with Crippen LogP contribution in [0.25, 0.3) is 0 Å². The summed E-state index contributed by atoms with van der Waals surface area (Å²) in [6.07, 6.45) is 0. The van der Waals surface area contributed by atoms with Crippen molar-refractivity contribution >= 4 is 41.8 Å². The molecule has 0 amide bonds. The van der Waals surface area contributed by atoms with E-state index in [9.17, 15) is 0 Å². The van der Waals surface area contributed by atoms with Crippen LogP contribution < -0.4 is 4.74 Å². The molecule has 1 aromatic rings. The molecule has 0 spiro atoms. The Balaban J connectivity index is 0.000000354. The second-order valence-corrected chi connectivity index (χ2v) is 9.85. The van der Waals surface area contributed by atoms with E-state index in [1.54, 1.807) is 0 Å². The number of halogens is 2. The zero-order chi connectivity index (χ0) is 9.23. The SMILES string of the molecule is CCOc1cc[c]cc1.[Br][Mg][Br]. The number of ether oxygens (including phenoxy) is 1. The second-order valence-electron chi connectivity index (χ2n) is 1.77. The molecule has 0 fully saturated rings. The average molecular weight is 305 g/mol. The number of rotatable bonds is 2. The van der Waals surface area contributed by atoms with E-state index in [0.717, 1.165) is 12.4 Å². The Hall–Kier alpha value is 0.746. The van der Waals surface area contributed by atoms with Crippen LogP contribution in [0.5, 0.6) is 5.75 Å². The highest BCUT2D eigenvalue weighted by Crippen LogP contribution is 2.06. The molecule has 0 heterocycles. The van der Waals surface area contributed by atoms with E-state index in [2.05, 4.69) is 31.8 Å². The van der Waals surface area contributed by atoms with Crippen molar-refractivity contribution < 1.29 is 4.74 Å². The van der Waals surface area contributed by atoms with Gasteiger partial charge in [-0.1, -0.05) is 12.1 Å². The zero-order valence-corrected chi connectivity index (χ0v) is 11.5. The van der Waals surface area contributed by atoms with Crippen LogP contribution >= 0.6 is 25.8 Å². The summed E-state index contributed by atoms with van der Waals surface area (Å²) >= 11 is 6.44. The Bertz CT molecular complexity index is 182. The molecule has 1 rings (SSSR count). The Kier molecular flexibility index (Phi) is 10.4. The quantitative estimate of drug-likeness (QED) is 0.763. The van der Waals surface area contributed by atoms with Crippen molar-refractivity contribution in [3.63, 3.8) is 0 Å². The Morgan fingerprint density at radius 1 is 1.42 bits per heavy atom. The van der Waals surface area contributed by atoms with Crippen LogP contribution in [0.4, 0.5) is 0 Å². The first-order chi connectivity index (χ1) is 5.85. The lowest BCUT2D eigenvalue weighted by atomic mass is 10.3. The van der Waals surface area contributed by atoms with E-state index >= 15 is 0 Å². The van der Waals surface area contributed by atoms with E-state index in [-0.39, 0.29) is 16.0 Å². The Morgan fingerprint density at radius 2 is 1.92 bits per heavy atom. The smallest absolute Gasteiger partial charge is 0.494 e. The lowest BCUT2D eigenvalue weighted by Crippen LogP contribution is -1.89. The number of hydrogen-bond donors (Lipinski definition) is 0. The second kappa shape index (κ2) is 9.83. The molecule has 4 heteroatoms. The summed E-state index contributed by atoms with van der Waals surface area (Å²) in [6, 6.07) is 10.4. The van der Waals surface area contributed by atoms with Gasteiger partial charge in [0.25, 0.3) is 0 Å². The molecular formula is C8H9Br2MgO. The van der Waals surface area contributed by atoms with Crippen molar-refractivity contribution in [2.45, 2.75) is 6.92 Å². The topological polar surface area (TPSA) is 9.23 Å². The van der Waals surface area contributed by atoms with Crippen LogP contribution in [-0.4, -0.2) is 22.6 Å². The average Bonchev–Trinajstić information content (AvgIpc) is 2.08. The van der Waals surface area contributed by atoms with Gasteiger partial charge in [0.05, 0.1) is 6.61 Å². The first-order valence-electron chi connectivity index (χ1n) is 3.56. The van der Waals surface area contributed by atoms with Gasteiger partial charge in [-0.2, -0.15) is 0 Å². The van der Waals surface area contributed by atoms with E-state index < -0.39 is 0 Å². The monoisotopic (exact) mass is 303 g/mol. The van der Waals surface area contributed by atoms with Crippen molar-refractivity contribution in [3.8, 4) is 5.75 Å². The van der Waals surface area contributed by atoms with Gasteiger partial charge in [-0.3, -0.25) is 25.8 Å². The molecule has 0 bridgehead atoms. The minimum absolute atomic E-state index is 0.0417. The summed E-state index contributed by atoms with van der Waals surface area (Å²) in [5.74, 6) is 0.913. The van der Waals surface area contributed by atoms with Gasteiger partial charge in [-0.25, -0.2) is 0 Å². The first-order valence-corrected chi connectivity index (χ1v) is 11.4. The molecule has 0 saturated carbocycles. The lowest BCUT2D eigenvalue weighted by molar-refractivity contribution is 0.340. The van der Waals surface area contributed by atoms with Gasteiger partial charge >= 0.3 is 16.0 Å². The first kappa shape index (κ1) is 12.7. The number of benzene rings is 1. The molecular weight excluding hydrogens is 296 g/mol. The van der Waals surface area contributed by atoms with Gasteiger partial charge < -0.3 is 4.74 Å². The maximum Gasteiger partial charge on any atom is 0.560 e. The third kappa shape index (κ3) is 7.40. The predicted octanol–water partition coefficient (Wildman–Crippen LogP) is 3.20. The van der Waals surface area contributed by atoms with E-state index in [0.29, 0.717) is 0 Å². The molecule has 1 nitrogen and oxygen atoms in total. The molecule has 0 aliphatic rings. The van der Waals surface area contributed by atoms with Gasteiger partial charge in [0.15, 0.2) is 0 Å². The Labute approximate surface area is 95.3 Å². The van der Waals surface area contributed by atoms with Crippen LogP contribution in [0.15, 0.2) is 24.3 Å². The summed E-state index contributed by atoms with van der Waals surface area (Å²) in [5.41, 5.74) is 0. The van der Waals surface area contributed by atoms with Gasteiger partial charge in [-0.05, 0) is 25.1 Å². The maximum atomic E-state index is 5.19. The molecule has 0 aromatic heterocycles. The summed E-state index contributed by atoms with van der Waals surface area (Å²) in [7, 11) is 0. The third-order valence-electron chi connectivity index (χ3n) is 0.999. The van der Waals surface area contributed by atoms with Gasteiger partial charge in [0, 0.05) is 0 Å². The van der Waals surface area contributed by atoms with Crippen molar-refractivity contribution in [1.29, 1.82) is 0 Å². The fourth-order valence-corrected chi connectivity index (χ4v) is 0.634. The highest BCUT2D eigenvalue weighted by Gasteiger charge is 1.84. The fraction of sp³-hybridized carbons (Fsp3) is 0.250. The standard InChI is InChI=1S/C8H9O.2BrH.Mg/c1-2-9-8-6-4-3-5-7-8;;;/h4-7H,2H2,1H3;2*1H;/q;;;+2/p-2. The zero-order valence-electron chi connectivity index (χ0n) is 6.89. The third-order valence-corrected chi connectivity index (χ3v) is 0.999. The molecule has 1 aromatic carbocycles. The summed E-state index contributed by atoms with van der Waals surface area (Å²) < 4.78 is 5.19. The van der Waals surface area contributed by atoms with Gasteiger partial charge in [0.1, 0.15) is 5.75 Å². The van der Waals surface area contributed by atoms with Crippen molar-refractivity contribution in [2.75, 3.05) is 6.61 Å². The molecule has 0 unspecified atom stereocenters. The Morgan fingerprint density at radius 3 is 2.33 bits per heavy atom. The van der Waals surface area contributed by atoms with Crippen LogP contribution in [0.3, 0.4) is 0 Å². The minimum Gasteiger partial charge on any atom is -0.494 e. The molecule has 0 atom stereocenters. The van der Waals surface area contributed by atoms with Crippen LogP contribution in [0, 0.1) is 6.07 Å². The molecule has 0 N–H and O–H groups in total. The minimum atomic E-state index is 0.0417. The van der Waals surface area contributed by atoms with E-state index in [4.69, 9.17) is 4.74 Å². The largest absolute Gasteiger partial charge is 0.560 e. The molecule has 0 aliphatic heterocycles. The van der Waals surface area contributed by atoms with Crippen LogP contribution in [0.2, 0.25) is 0 Å². The lowest BCUT2D eigenvalue weighted by Gasteiger charge is -1.98. The predicted molar refractivity (Wildman–Crippen MR) is 60.1 cm³/mol. The maximum absolute atomic E-state index is 5.19. The molecule has 63 valence electrons. The number of hydrogen-bond acceptors (Lipinski definition) is 1. The van der Waals surface area contributed by atoms with Crippen molar-refractivity contribution in [1.82, 2.24) is 0 Å². The van der Waals surface area contributed by atoms with Crippen molar-refractivity contribution in [2.24, 2.45) is 0 Å². The molecule has 0 aliphatic carbocycles. The summed E-state index contributed by atoms with van der Waals surface area (Å²) in [5, 5.41) is 0. The highest BCUT2D eigenvalue weighted by molar-refractivity contribution is 9.47. The van der Waals surface area contributed by atoms with Crippen molar-refractivity contribution in [3.05, 3.63) is 30.3 Å². The molecule has 1 radical (unpaired) electrons. The molecule has 0 saturated heterocycles.